The van der Waals surface area contributed by atoms with E-state index < -0.39 is 5.97 Å². The van der Waals surface area contributed by atoms with Gasteiger partial charge in [-0.2, -0.15) is 0 Å². The van der Waals surface area contributed by atoms with Crippen molar-refractivity contribution in [3.63, 3.8) is 0 Å². The minimum absolute atomic E-state index is 0.0448. The maximum absolute atomic E-state index is 13.4. The van der Waals surface area contributed by atoms with Gasteiger partial charge < -0.3 is 57.5 Å². The molecule has 0 spiro atoms. The summed E-state index contributed by atoms with van der Waals surface area (Å²) in [6.07, 6.45) is 13.5. The summed E-state index contributed by atoms with van der Waals surface area (Å²) >= 11 is 42.0. The number of halogens is 7. The predicted molar refractivity (Wildman–Crippen MR) is 434 cm³/mol. The van der Waals surface area contributed by atoms with Crippen molar-refractivity contribution < 1.29 is 71.1 Å². The highest BCUT2D eigenvalue weighted by atomic mass is 79.9. The van der Waals surface area contributed by atoms with Crippen LogP contribution in [0.25, 0.3) is 33.8 Å². The highest BCUT2D eigenvalue weighted by Crippen LogP contribution is 2.52. The summed E-state index contributed by atoms with van der Waals surface area (Å²) in [4.78, 5) is 75.4. The van der Waals surface area contributed by atoms with E-state index in [1.165, 1.54) is 14.2 Å². The van der Waals surface area contributed by atoms with Crippen LogP contribution in [0.4, 0.5) is 11.4 Å². The molecule has 18 rings (SSSR count). The zero-order valence-electron chi connectivity index (χ0n) is 62.4. The van der Waals surface area contributed by atoms with Crippen molar-refractivity contribution >= 4 is 133 Å². The number of carboxylic acids is 1. The number of amides is 3. The van der Waals surface area contributed by atoms with Crippen LogP contribution in [0.5, 0.6) is 0 Å². The first kappa shape index (κ1) is 81.0. The molecule has 21 nitrogen and oxygen atoms in total. The number of fused-ring (bicyclic) bond motifs is 6. The molecule has 28 heteroatoms. The molecule has 3 saturated heterocycles. The van der Waals surface area contributed by atoms with Crippen molar-refractivity contribution in [2.24, 2.45) is 17.8 Å². The van der Waals surface area contributed by atoms with Crippen LogP contribution >= 0.6 is 85.5 Å². The minimum atomic E-state index is -0.820. The Bertz CT molecular complexity index is 4990. The molecule has 114 heavy (non-hydrogen) atoms. The fourth-order valence-corrected chi connectivity index (χ4v) is 18.5. The van der Waals surface area contributed by atoms with Crippen molar-refractivity contribution in [2.75, 3.05) is 24.0 Å². The van der Waals surface area contributed by atoms with E-state index in [0.717, 1.165) is 150 Å². The lowest BCUT2D eigenvalue weighted by molar-refractivity contribution is -0.141. The number of aliphatic carboxylic acids is 1. The Morgan fingerprint density at radius 2 is 0.789 bits per heavy atom. The van der Waals surface area contributed by atoms with E-state index in [4.69, 9.17) is 107 Å². The number of carboxylic acid groups (broad SMARTS) is 1. The van der Waals surface area contributed by atoms with Gasteiger partial charge in [0, 0.05) is 104 Å². The van der Waals surface area contributed by atoms with Crippen molar-refractivity contribution in [3.8, 4) is 33.8 Å². The monoisotopic (exact) mass is 1730 g/mol. The molecule has 6 aliphatic carbocycles. The van der Waals surface area contributed by atoms with Crippen LogP contribution < -0.4 is 15.1 Å². The van der Waals surface area contributed by atoms with Gasteiger partial charge in [-0.1, -0.05) is 156 Å². The topological polar surface area (TPSA) is 265 Å². The Labute approximate surface area is 697 Å². The maximum Gasteiger partial charge on any atom is 0.305 e. The zero-order chi connectivity index (χ0) is 79.6. The van der Waals surface area contributed by atoms with Gasteiger partial charge in [-0.25, -0.2) is 0 Å². The number of esters is 2. The highest BCUT2D eigenvalue weighted by molar-refractivity contribution is 9.10. The number of hydrogen-bond acceptors (Lipinski definition) is 17. The number of benzene rings is 6. The van der Waals surface area contributed by atoms with E-state index in [1.54, 1.807) is 54.6 Å². The number of anilines is 2. The van der Waals surface area contributed by atoms with Gasteiger partial charge in [0.05, 0.1) is 100 Å². The third kappa shape index (κ3) is 18.2. The summed E-state index contributed by atoms with van der Waals surface area (Å²) in [5, 5.41) is 27.9. The van der Waals surface area contributed by atoms with E-state index in [2.05, 4.69) is 41.5 Å². The lowest BCUT2D eigenvalue weighted by atomic mass is 10.0. The second-order valence-corrected chi connectivity index (χ2v) is 33.8. The van der Waals surface area contributed by atoms with E-state index in [-0.39, 0.29) is 96.9 Å². The first-order valence-electron chi connectivity index (χ1n) is 38.6. The molecule has 9 aromatic rings. The molecular weight excluding hydrogens is 1650 g/mol. The van der Waals surface area contributed by atoms with Gasteiger partial charge in [0.2, 0.25) is 17.7 Å². The van der Waals surface area contributed by atoms with Crippen molar-refractivity contribution in [2.45, 2.75) is 190 Å². The number of hydrogen-bond donors (Lipinski definition) is 2. The number of ether oxygens (including phenoxy) is 5. The van der Waals surface area contributed by atoms with E-state index in [9.17, 15) is 28.8 Å². The summed E-state index contributed by atoms with van der Waals surface area (Å²) in [5.74, 6) is 2.20. The minimum Gasteiger partial charge on any atom is -0.481 e. The molecule has 9 atom stereocenters. The predicted octanol–water partition coefficient (Wildman–Crippen LogP) is 19.5. The average molecular weight is 1730 g/mol. The Morgan fingerprint density at radius 3 is 1.10 bits per heavy atom. The molecule has 6 saturated carbocycles. The Hall–Kier alpha value is -8.13. The molecule has 0 unspecified atom stereocenters. The van der Waals surface area contributed by atoms with Crippen LogP contribution in [0.3, 0.4) is 0 Å². The molecule has 6 heterocycles. The van der Waals surface area contributed by atoms with Gasteiger partial charge in [-0.05, 0) is 186 Å². The standard InChI is InChI=1S/C29H28Cl2N2O5.C28H26Cl2N2O5.C19H18Cl2N2O3.C10H11BrO2/c1-36-25(34)12-7-16-5-10-18(11-6-16)33-19-13-20(29(33)35)24(14-19)37-15-21-27(32-38-28(21)17-8-9-17)26-22(30)3-2-4-23(26)31;29-21-2-1-3-22(30)25(21)26-20(27(37-31-26)16-7-8-16)14-36-23-13-18-12-19(23)28(35)32(18)17-9-4-15(5-10-17)6-11-24(33)34;20-13-2-1-3-14(21)16(13)17-12(18(26-23-17)9-4-5-9)8-25-15-7-10-6-11(15)19(24)22-10;1-13-10(12)7-4-8-2-5-9(11)6-3-8/h2-6,10-11,17,19-20,24H,7-9,12-15H2,1H3;1-5,9-10,16,18-19,23H,6-8,11-14H2,(H,33,34);1-3,9-11,15H,4-8H2,(H,22,24);2-3,5-6H,4,7H2,1H3/t19-,20+,24+;18-,19+,23+;10-,11+,15+;/m000./s1. The molecule has 3 amide bonds. The Kier molecular flexibility index (Phi) is 25.4. The number of nitrogens with zero attached hydrogens (tertiary/aromatic N) is 5. The molecule has 6 aromatic carbocycles. The fourth-order valence-electron chi connectivity index (χ4n) is 16.5. The first-order chi connectivity index (χ1) is 55.2. The molecule has 3 aliphatic heterocycles. The lowest BCUT2D eigenvalue weighted by Gasteiger charge is -2.31. The van der Waals surface area contributed by atoms with Gasteiger partial charge in [-0.3, -0.25) is 28.8 Å². The van der Waals surface area contributed by atoms with Gasteiger partial charge in [-0.15, -0.1) is 0 Å². The van der Waals surface area contributed by atoms with Gasteiger partial charge in [0.1, 0.15) is 34.4 Å². The van der Waals surface area contributed by atoms with Crippen molar-refractivity contribution in [1.82, 2.24) is 20.8 Å². The lowest BCUT2D eigenvalue weighted by Crippen LogP contribution is -2.43. The van der Waals surface area contributed by atoms with E-state index in [0.29, 0.717) is 121 Å². The first-order valence-corrected chi connectivity index (χ1v) is 41.6. The quantitative estimate of drug-likeness (QED) is 0.0477. The summed E-state index contributed by atoms with van der Waals surface area (Å²) in [5.41, 5.74) is 11.3. The second kappa shape index (κ2) is 35.8. The highest BCUT2D eigenvalue weighted by Gasteiger charge is 2.54. The maximum atomic E-state index is 13.4. The Balaban J connectivity index is 0.000000126. The smallest absolute Gasteiger partial charge is 0.305 e. The number of nitrogens with one attached hydrogen (secondary N) is 1. The number of aryl methyl sites for hydroxylation is 3. The Morgan fingerprint density at radius 1 is 0.456 bits per heavy atom. The SMILES string of the molecule is COC(=O)CCc1ccc(Br)cc1.COC(=O)CCc1ccc(N2C(=O)[C@@H]3C[C@H]2C[C@H]3OCc2c(-c3c(Cl)cccc3Cl)noc2C2CC2)cc1.O=C(O)CCc1ccc(N2C(=O)[C@@H]3C[C@H]2C[C@H]3OCc2c(-c3c(Cl)cccc3Cl)noc2C2CC2)cc1.O=C1N[C@@H]2C[C@@H](OCc3c(-c4c(Cl)cccc4Cl)noc3C3CC3)[C@H]1C2. The van der Waals surface area contributed by atoms with Crippen LogP contribution in [-0.2, 0) is 91.5 Å². The number of piperidine rings is 3. The normalized spacial score (nSPS) is 22.1. The second-order valence-electron chi connectivity index (χ2n) is 30.5. The van der Waals surface area contributed by atoms with Crippen LogP contribution in [0.15, 0.2) is 145 Å². The summed E-state index contributed by atoms with van der Waals surface area (Å²) in [6.45, 7) is 0.932. The molecule has 2 N–H and O–H groups in total. The number of rotatable bonds is 26. The largest absolute Gasteiger partial charge is 0.481 e. The number of carbonyl (C=O) groups excluding carboxylic acids is 5. The number of aromatic nitrogens is 3. The molecule has 0 radical (unpaired) electrons. The summed E-state index contributed by atoms with van der Waals surface area (Å²) < 4.78 is 46.4. The fraction of sp³-hybridized carbons (Fsp3) is 0.407. The van der Waals surface area contributed by atoms with Gasteiger partial charge in [0.25, 0.3) is 0 Å². The van der Waals surface area contributed by atoms with Gasteiger partial charge in [0.15, 0.2) is 0 Å². The summed E-state index contributed by atoms with van der Waals surface area (Å²) in [6, 6.07) is 39.9. The van der Waals surface area contributed by atoms with Crippen molar-refractivity contribution in [3.05, 3.63) is 213 Å². The molecular formula is C86H83BrCl6N6O15. The average Bonchev–Trinajstić information content (AvgIpc) is 1.58. The molecule has 9 fully saturated rings. The van der Waals surface area contributed by atoms with E-state index in [1.807, 2.05) is 82.6 Å². The van der Waals surface area contributed by atoms with Crippen LogP contribution in [0, 0.1) is 17.8 Å². The number of methoxy groups -OCH3 is 2. The molecule has 596 valence electrons. The van der Waals surface area contributed by atoms with Crippen LogP contribution in [-0.4, -0.2) is 107 Å². The third-order valence-corrected chi connectivity index (χ3v) is 25.3. The van der Waals surface area contributed by atoms with Crippen molar-refractivity contribution in [1.29, 1.82) is 0 Å². The third-order valence-electron chi connectivity index (χ3n) is 22.9. The molecule has 9 aliphatic rings. The molecule has 3 aromatic heterocycles. The molecule has 6 bridgehead atoms. The summed E-state index contributed by atoms with van der Waals surface area (Å²) in [7, 11) is 2.80. The van der Waals surface area contributed by atoms with Crippen LogP contribution in [0.2, 0.25) is 30.1 Å². The van der Waals surface area contributed by atoms with E-state index >= 15 is 0 Å². The number of carbonyl (C=O) groups is 6. The van der Waals surface area contributed by atoms with Gasteiger partial charge >= 0.3 is 17.9 Å². The van der Waals surface area contributed by atoms with Crippen LogP contribution in [0.1, 0.15) is 165 Å². The zero-order valence-corrected chi connectivity index (χ0v) is 68.6.